The molecule has 6 atom stereocenters. The Hall–Kier alpha value is -8.51. The zero-order valence-corrected chi connectivity index (χ0v) is 43.8. The molecular formula is C62H62N4O13. The Bertz CT molecular complexity index is 3280. The SMILES string of the molecule is C=CCOC12Oc3ccc(Oc4ccc(OC)c(C=O)c4)cc3C3C(CCCCO)C(CCCCO)C=C(C(=NOCc4ccc([N+](=O)[O-])cc4)CC1N(Cc1cccc4ccccc14)C(=O)C=Cc1ccc([N+](=O)[O-])cc1)C32. The van der Waals surface area contributed by atoms with Crippen LogP contribution in [0.4, 0.5) is 11.4 Å². The summed E-state index contributed by atoms with van der Waals surface area (Å²) in [6, 6.07) is 35.4. The second-order valence-corrected chi connectivity index (χ2v) is 19.9. The number of non-ortho nitro benzene ring substituents is 2. The van der Waals surface area contributed by atoms with Crippen LogP contribution in [0.5, 0.6) is 23.0 Å². The van der Waals surface area contributed by atoms with E-state index in [-0.39, 0.29) is 62.6 Å². The van der Waals surface area contributed by atoms with Gasteiger partial charge in [0.25, 0.3) is 11.4 Å². The van der Waals surface area contributed by atoms with Crippen LogP contribution in [0.3, 0.4) is 0 Å². The molecule has 2 aliphatic carbocycles. The molecule has 0 saturated heterocycles. The molecule has 17 heteroatoms. The number of ether oxygens (including phenoxy) is 4. The number of oxime groups is 1. The van der Waals surface area contributed by atoms with Crippen molar-refractivity contribution >= 4 is 46.1 Å². The fourth-order valence-corrected chi connectivity index (χ4v) is 11.5. The van der Waals surface area contributed by atoms with E-state index in [1.165, 1.54) is 37.5 Å². The number of hydrogen-bond acceptors (Lipinski definition) is 14. The quantitative estimate of drug-likeness (QED) is 0.0136. The highest BCUT2D eigenvalue weighted by Gasteiger charge is 2.65. The van der Waals surface area contributed by atoms with Crippen molar-refractivity contribution in [2.75, 3.05) is 26.9 Å². The van der Waals surface area contributed by atoms with Crippen molar-refractivity contribution in [2.45, 2.75) is 75.8 Å². The van der Waals surface area contributed by atoms with Crippen LogP contribution in [-0.4, -0.2) is 81.6 Å². The number of aliphatic hydroxyl groups is 2. The van der Waals surface area contributed by atoms with Gasteiger partial charge in [-0.2, -0.15) is 0 Å². The van der Waals surface area contributed by atoms with Crippen molar-refractivity contribution in [2.24, 2.45) is 22.9 Å². The second-order valence-electron chi connectivity index (χ2n) is 19.9. The Labute approximate surface area is 457 Å². The molecule has 1 fully saturated rings. The van der Waals surface area contributed by atoms with Crippen LogP contribution >= 0.6 is 0 Å². The Morgan fingerprint density at radius 3 is 2.27 bits per heavy atom. The summed E-state index contributed by atoms with van der Waals surface area (Å²) in [5.41, 5.74) is 4.28. The molecule has 79 heavy (non-hydrogen) atoms. The van der Waals surface area contributed by atoms with Gasteiger partial charge in [0.2, 0.25) is 11.7 Å². The number of hydrogen-bond donors (Lipinski definition) is 2. The summed E-state index contributed by atoms with van der Waals surface area (Å²) in [7, 11) is 1.49. The van der Waals surface area contributed by atoms with Crippen molar-refractivity contribution in [1.29, 1.82) is 0 Å². The molecule has 1 amide bonds. The minimum absolute atomic E-state index is 0.00456. The van der Waals surface area contributed by atoms with E-state index >= 15 is 4.79 Å². The largest absolute Gasteiger partial charge is 0.496 e. The summed E-state index contributed by atoms with van der Waals surface area (Å²) < 4.78 is 26.7. The number of amides is 1. The standard InChI is InChI=1S/C62H62N4O13/c1-3-33-76-62-58(64(38-45-14-10-13-43-11-4-5-15-51(43)45)59(70)30-21-41-17-22-47(23-18-41)65(71)72)37-55(63-77-40-42-19-24-48(25-20-42)66(73)74)53-35-44(12-6-8-31-67)52(16-7-9-32-68)60(61(53)62)54-36-50(27-29-57(54)79-62)78-49-26-28-56(75-2)46(34-49)39-69/h3-5,10-11,13-15,17-30,34-36,39,44,52,58,60-61,67-68H,1,6-9,12,16,31-33,37-38,40H2,2H3. The van der Waals surface area contributed by atoms with Crippen LogP contribution in [-0.2, 0) is 27.5 Å². The maximum Gasteiger partial charge on any atom is 0.269 e. The number of methoxy groups -OCH3 is 1. The second kappa shape index (κ2) is 25.3. The number of nitrogens with zero attached hydrogens (tertiary/aromatic N) is 4. The molecule has 3 aliphatic rings. The van der Waals surface area contributed by atoms with Gasteiger partial charge in [-0.15, -0.1) is 6.58 Å². The third-order valence-electron chi connectivity index (χ3n) is 15.2. The first-order chi connectivity index (χ1) is 38.5. The van der Waals surface area contributed by atoms with Gasteiger partial charge in [0, 0.05) is 68.0 Å². The van der Waals surface area contributed by atoms with Gasteiger partial charge < -0.3 is 38.9 Å². The predicted octanol–water partition coefficient (Wildman–Crippen LogP) is 11.8. The monoisotopic (exact) mass is 1070 g/mol. The number of benzene rings is 6. The number of allylic oxidation sites excluding steroid dienone is 1. The lowest BCUT2D eigenvalue weighted by Gasteiger charge is -2.60. The molecule has 17 nitrogen and oxygen atoms in total. The molecule has 0 bridgehead atoms. The van der Waals surface area contributed by atoms with E-state index in [1.807, 2.05) is 54.6 Å². The maximum absolute atomic E-state index is 15.6. The molecule has 1 heterocycles. The topological polar surface area (TPSA) is 223 Å². The molecule has 9 rings (SSSR count). The summed E-state index contributed by atoms with van der Waals surface area (Å²) in [6.45, 7) is 4.12. The fourth-order valence-electron chi connectivity index (χ4n) is 11.5. The molecule has 2 N–H and O–H groups in total. The summed E-state index contributed by atoms with van der Waals surface area (Å²) in [6.07, 6.45) is 11.6. The Balaban J connectivity index is 1.26. The van der Waals surface area contributed by atoms with Crippen LogP contribution in [0, 0.1) is 38.0 Å². The minimum atomic E-state index is -1.65. The van der Waals surface area contributed by atoms with Gasteiger partial charge >= 0.3 is 0 Å². The highest BCUT2D eigenvalue weighted by molar-refractivity contribution is 6.03. The predicted molar refractivity (Wildman–Crippen MR) is 298 cm³/mol. The number of aliphatic hydroxyl groups excluding tert-OH is 2. The van der Waals surface area contributed by atoms with Crippen LogP contribution in [0.25, 0.3) is 16.8 Å². The number of fused-ring (bicyclic) bond motifs is 3. The first kappa shape index (κ1) is 55.3. The first-order valence-electron chi connectivity index (χ1n) is 26.4. The fraction of sp³-hybridized carbons (Fsp3) is 0.306. The molecular weight excluding hydrogens is 1010 g/mol. The number of aldehydes is 1. The third-order valence-corrected chi connectivity index (χ3v) is 15.2. The number of carbonyl (C=O) groups is 2. The molecule has 1 saturated carbocycles. The summed E-state index contributed by atoms with van der Waals surface area (Å²) >= 11 is 0. The van der Waals surface area contributed by atoms with Gasteiger partial charge in [0.15, 0.2) is 6.29 Å². The van der Waals surface area contributed by atoms with E-state index in [9.17, 15) is 35.2 Å². The molecule has 0 radical (unpaired) electrons. The van der Waals surface area contributed by atoms with E-state index in [0.29, 0.717) is 90.2 Å². The molecule has 1 aliphatic heterocycles. The summed E-state index contributed by atoms with van der Waals surface area (Å²) in [4.78, 5) is 57.9. The van der Waals surface area contributed by atoms with E-state index < -0.39 is 39.4 Å². The number of carbonyl (C=O) groups excluding carboxylic acids is 2. The summed E-state index contributed by atoms with van der Waals surface area (Å²) in [5.74, 6) is -1.68. The molecule has 0 spiro atoms. The highest BCUT2D eigenvalue weighted by Crippen LogP contribution is 2.62. The van der Waals surface area contributed by atoms with Crippen LogP contribution in [0.15, 0.2) is 163 Å². The number of rotatable bonds is 25. The number of nitro groups is 2. The van der Waals surface area contributed by atoms with Gasteiger partial charge in [-0.25, -0.2) is 0 Å². The first-order valence-corrected chi connectivity index (χ1v) is 26.4. The van der Waals surface area contributed by atoms with Crippen molar-refractivity contribution < 1.29 is 53.4 Å². The van der Waals surface area contributed by atoms with Crippen LogP contribution in [0.2, 0.25) is 0 Å². The van der Waals surface area contributed by atoms with Crippen molar-refractivity contribution in [1.82, 2.24) is 4.90 Å². The highest BCUT2D eigenvalue weighted by atomic mass is 16.7. The zero-order valence-electron chi connectivity index (χ0n) is 43.8. The zero-order chi connectivity index (χ0) is 55.5. The molecule has 408 valence electrons. The van der Waals surface area contributed by atoms with E-state index in [0.717, 1.165) is 27.5 Å². The number of unbranched alkanes of at least 4 members (excludes halogenated alkanes) is 2. The third kappa shape index (κ3) is 12.1. The molecule has 0 aromatic heterocycles. The Kier molecular flexibility index (Phi) is 17.7. The van der Waals surface area contributed by atoms with Gasteiger partial charge in [-0.3, -0.25) is 29.8 Å². The average molecular weight is 1070 g/mol. The van der Waals surface area contributed by atoms with Gasteiger partial charge in [-0.05, 0) is 137 Å². The maximum atomic E-state index is 15.6. The van der Waals surface area contributed by atoms with E-state index in [4.69, 9.17) is 28.9 Å². The van der Waals surface area contributed by atoms with Crippen molar-refractivity contribution in [3.8, 4) is 23.0 Å². The molecule has 6 aromatic rings. The van der Waals surface area contributed by atoms with Gasteiger partial charge in [0.05, 0.1) is 40.8 Å². The average Bonchev–Trinajstić information content (AvgIpc) is 3.17. The van der Waals surface area contributed by atoms with E-state index in [2.05, 4.69) is 12.7 Å². The lowest BCUT2D eigenvalue weighted by Crippen LogP contribution is -2.70. The van der Waals surface area contributed by atoms with Crippen LogP contribution in [0.1, 0.15) is 83.5 Å². The Morgan fingerprint density at radius 2 is 1.56 bits per heavy atom. The number of nitro benzene ring substituents is 2. The van der Waals surface area contributed by atoms with E-state index in [1.54, 1.807) is 65.6 Å². The lowest BCUT2D eigenvalue weighted by atomic mass is 9.55. The lowest BCUT2D eigenvalue weighted by molar-refractivity contribution is -0.385. The molecule has 6 aromatic carbocycles. The Morgan fingerprint density at radius 1 is 0.861 bits per heavy atom. The van der Waals surface area contributed by atoms with Gasteiger partial charge in [-0.1, -0.05) is 72.6 Å². The van der Waals surface area contributed by atoms with Crippen molar-refractivity contribution in [3.63, 3.8) is 0 Å². The smallest absolute Gasteiger partial charge is 0.269 e. The molecule has 6 unspecified atom stereocenters. The minimum Gasteiger partial charge on any atom is -0.496 e. The summed E-state index contributed by atoms with van der Waals surface area (Å²) in [5, 5.41) is 50.2. The van der Waals surface area contributed by atoms with Crippen molar-refractivity contribution in [3.05, 3.63) is 206 Å². The normalized spacial score (nSPS) is 20.6. The van der Waals surface area contributed by atoms with Gasteiger partial charge in [0.1, 0.15) is 35.6 Å². The van der Waals surface area contributed by atoms with Crippen LogP contribution < -0.4 is 14.2 Å².